The third-order valence-corrected chi connectivity index (χ3v) is 5.49. The van der Waals surface area contributed by atoms with Crippen LogP contribution >= 0.6 is 0 Å². The molecule has 2 aromatic carbocycles. The summed E-state index contributed by atoms with van der Waals surface area (Å²) in [6.07, 6.45) is 7.08. The molecule has 4 rings (SSSR count). The molecule has 0 radical (unpaired) electrons. The Morgan fingerprint density at radius 2 is 1.89 bits per heavy atom. The summed E-state index contributed by atoms with van der Waals surface area (Å²) in [5.41, 5.74) is 9.49. The zero-order valence-corrected chi connectivity index (χ0v) is 20.9. The monoisotopic (exact) mass is 482 g/mol. The molecule has 0 aliphatic carbocycles. The van der Waals surface area contributed by atoms with Crippen molar-refractivity contribution in [3.05, 3.63) is 84.0 Å². The number of carbonyl (C=O) groups excluding carboxylic acids is 1. The highest BCUT2D eigenvalue weighted by molar-refractivity contribution is 5.92. The average molecular weight is 483 g/mol. The number of hydrogen-bond acceptors (Lipinski definition) is 7. The van der Waals surface area contributed by atoms with E-state index < -0.39 is 5.54 Å². The number of benzene rings is 2. The van der Waals surface area contributed by atoms with Gasteiger partial charge in [-0.2, -0.15) is 0 Å². The zero-order valence-electron chi connectivity index (χ0n) is 20.9. The first-order chi connectivity index (χ1) is 17.2. The molecule has 0 saturated carbocycles. The number of amides is 1. The van der Waals surface area contributed by atoms with Crippen LogP contribution in [0.4, 0.5) is 11.5 Å². The molecule has 0 unspecified atom stereocenters. The first-order valence-corrected chi connectivity index (χ1v) is 11.7. The maximum absolute atomic E-state index is 11.9. The van der Waals surface area contributed by atoms with Crippen LogP contribution < -0.4 is 21.1 Å². The third kappa shape index (κ3) is 6.22. The highest BCUT2D eigenvalue weighted by atomic mass is 16.5. The second-order valence-electron chi connectivity index (χ2n) is 9.18. The summed E-state index contributed by atoms with van der Waals surface area (Å²) in [6.45, 7) is 7.67. The molecule has 8 nitrogen and oxygen atoms in total. The summed E-state index contributed by atoms with van der Waals surface area (Å²) in [5, 5.41) is 7.08. The van der Waals surface area contributed by atoms with Gasteiger partial charge in [0.05, 0.1) is 17.3 Å². The fourth-order valence-corrected chi connectivity index (χ4v) is 3.47. The topological polar surface area (TPSA) is 115 Å². The summed E-state index contributed by atoms with van der Waals surface area (Å²) < 4.78 is 5.98. The zero-order chi connectivity index (χ0) is 25.7. The first kappa shape index (κ1) is 24.8. The van der Waals surface area contributed by atoms with E-state index in [1.807, 2.05) is 74.5 Å². The van der Waals surface area contributed by atoms with Gasteiger partial charge < -0.3 is 21.1 Å². The molecule has 2 aromatic heterocycles. The van der Waals surface area contributed by atoms with Gasteiger partial charge >= 0.3 is 0 Å². The Hall–Kier alpha value is -4.30. The molecular weight excluding hydrogens is 452 g/mol. The number of hydrogen-bond donors (Lipinski definition) is 3. The van der Waals surface area contributed by atoms with Gasteiger partial charge in [-0.1, -0.05) is 18.2 Å². The second kappa shape index (κ2) is 10.5. The smallest absolute Gasteiger partial charge is 0.239 e. The van der Waals surface area contributed by atoms with E-state index in [4.69, 9.17) is 10.5 Å². The van der Waals surface area contributed by atoms with Gasteiger partial charge in [-0.05, 0) is 81.3 Å². The molecule has 0 spiro atoms. The van der Waals surface area contributed by atoms with E-state index in [0.29, 0.717) is 18.1 Å². The van der Waals surface area contributed by atoms with Crippen LogP contribution in [0, 0.1) is 13.8 Å². The highest BCUT2D eigenvalue weighted by Crippen LogP contribution is 2.30. The number of carbonyl (C=O) groups is 1. The molecule has 0 aliphatic heterocycles. The molecule has 4 N–H and O–H groups in total. The van der Waals surface area contributed by atoms with E-state index >= 15 is 0 Å². The molecule has 1 amide bonds. The molecule has 0 fully saturated rings. The van der Waals surface area contributed by atoms with E-state index in [0.717, 1.165) is 39.2 Å². The van der Waals surface area contributed by atoms with Crippen molar-refractivity contribution in [2.24, 2.45) is 5.73 Å². The fraction of sp³-hybridized carbons (Fsp3) is 0.214. The lowest BCUT2D eigenvalue weighted by Crippen LogP contribution is -2.49. The van der Waals surface area contributed by atoms with Crippen molar-refractivity contribution < 1.29 is 9.53 Å². The molecule has 2 heterocycles. The Labute approximate surface area is 210 Å². The van der Waals surface area contributed by atoms with Crippen molar-refractivity contribution in [2.75, 3.05) is 11.9 Å². The molecule has 4 aromatic rings. The predicted molar refractivity (Wildman–Crippen MR) is 143 cm³/mol. The van der Waals surface area contributed by atoms with Gasteiger partial charge in [-0.15, -0.1) is 0 Å². The Bertz CT molecular complexity index is 1410. The Balaban J connectivity index is 1.49. The predicted octanol–water partition coefficient (Wildman–Crippen LogP) is 5.04. The van der Waals surface area contributed by atoms with Crippen LogP contribution in [-0.4, -0.2) is 32.9 Å². The maximum atomic E-state index is 11.9. The van der Waals surface area contributed by atoms with Gasteiger partial charge in [0.2, 0.25) is 5.91 Å². The van der Waals surface area contributed by atoms with Crippen molar-refractivity contribution >= 4 is 34.4 Å². The minimum Gasteiger partial charge on any atom is -0.455 e. The molecular formula is C28H30N6O2. The van der Waals surface area contributed by atoms with Crippen molar-refractivity contribution in [3.63, 3.8) is 0 Å². The third-order valence-electron chi connectivity index (χ3n) is 5.49. The van der Waals surface area contributed by atoms with Gasteiger partial charge in [-0.3, -0.25) is 9.78 Å². The van der Waals surface area contributed by atoms with Crippen LogP contribution in [-0.2, 0) is 4.79 Å². The number of pyridine rings is 1. The van der Waals surface area contributed by atoms with Crippen LogP contribution in [0.25, 0.3) is 17.0 Å². The van der Waals surface area contributed by atoms with E-state index in [9.17, 15) is 4.79 Å². The molecule has 0 atom stereocenters. The largest absolute Gasteiger partial charge is 0.455 e. The molecule has 8 heteroatoms. The number of aromatic nitrogens is 3. The summed E-state index contributed by atoms with van der Waals surface area (Å²) >= 11 is 0. The second-order valence-corrected chi connectivity index (χ2v) is 9.18. The number of nitrogens with two attached hydrogens (primary N) is 1. The number of aryl methyl sites for hydroxylation is 2. The van der Waals surface area contributed by atoms with Crippen molar-refractivity contribution in [1.29, 1.82) is 0 Å². The van der Waals surface area contributed by atoms with E-state index in [-0.39, 0.29) is 5.91 Å². The van der Waals surface area contributed by atoms with Crippen LogP contribution in [0.15, 0.2) is 67.1 Å². The lowest BCUT2D eigenvalue weighted by Gasteiger charge is -2.16. The Kier molecular flexibility index (Phi) is 7.26. The van der Waals surface area contributed by atoms with E-state index in [1.165, 1.54) is 0 Å². The number of nitrogens with one attached hydrogen (secondary N) is 2. The van der Waals surface area contributed by atoms with Crippen LogP contribution in [0.2, 0.25) is 0 Å². The first-order valence-electron chi connectivity index (χ1n) is 11.7. The van der Waals surface area contributed by atoms with Crippen LogP contribution in [0.1, 0.15) is 30.7 Å². The van der Waals surface area contributed by atoms with Gasteiger partial charge in [0, 0.05) is 23.3 Å². The molecule has 0 saturated heterocycles. The normalized spacial score (nSPS) is 11.6. The van der Waals surface area contributed by atoms with Crippen LogP contribution in [0.3, 0.4) is 0 Å². The van der Waals surface area contributed by atoms with Crippen LogP contribution in [0.5, 0.6) is 11.5 Å². The minimum atomic E-state index is -0.907. The molecule has 0 bridgehead atoms. The average Bonchev–Trinajstić information content (AvgIpc) is 2.84. The number of anilines is 2. The van der Waals surface area contributed by atoms with Crippen molar-refractivity contribution in [3.8, 4) is 11.5 Å². The van der Waals surface area contributed by atoms with Gasteiger partial charge in [-0.25, -0.2) is 9.97 Å². The summed E-state index contributed by atoms with van der Waals surface area (Å²) in [7, 11) is 0. The van der Waals surface area contributed by atoms with Crippen molar-refractivity contribution in [1.82, 2.24) is 20.3 Å². The van der Waals surface area contributed by atoms with Crippen molar-refractivity contribution in [2.45, 2.75) is 33.2 Å². The van der Waals surface area contributed by atoms with Gasteiger partial charge in [0.1, 0.15) is 23.6 Å². The van der Waals surface area contributed by atoms with E-state index in [1.54, 1.807) is 26.4 Å². The highest BCUT2D eigenvalue weighted by Gasteiger charge is 2.20. The summed E-state index contributed by atoms with van der Waals surface area (Å²) in [4.78, 5) is 25.0. The lowest BCUT2D eigenvalue weighted by molar-refractivity contribution is -0.124. The standard InChI is InChI=1S/C28H30N6O2/c1-18-14-21(9-12-25(18)36-22-10-7-19(2)31-16-22)34-26-23-15-20(8-11-24(23)32-17-33-26)6-5-13-30-27(35)28(3,4)29/h5-12,14-17H,13,29H2,1-4H3,(H,30,35)(H,32,33,34)/b6-5+. The summed E-state index contributed by atoms with van der Waals surface area (Å²) in [6, 6.07) is 15.6. The summed E-state index contributed by atoms with van der Waals surface area (Å²) in [5.74, 6) is 1.95. The number of rotatable bonds is 8. The fourth-order valence-electron chi connectivity index (χ4n) is 3.47. The molecule has 184 valence electrons. The SMILES string of the molecule is Cc1ccc(Oc2ccc(Nc3ncnc4ccc(/C=C/CNC(=O)C(C)(C)N)cc34)cc2C)cn1. The lowest BCUT2D eigenvalue weighted by atomic mass is 10.1. The minimum absolute atomic E-state index is 0.201. The van der Waals surface area contributed by atoms with Gasteiger partial charge in [0.25, 0.3) is 0 Å². The van der Waals surface area contributed by atoms with Gasteiger partial charge in [0.15, 0.2) is 0 Å². The molecule has 36 heavy (non-hydrogen) atoms. The number of ether oxygens (including phenoxy) is 1. The number of nitrogens with zero attached hydrogens (tertiary/aromatic N) is 3. The number of fused-ring (bicyclic) bond motifs is 1. The molecule has 0 aliphatic rings. The quantitative estimate of drug-likeness (QED) is 0.322. The Morgan fingerprint density at radius 1 is 1.06 bits per heavy atom. The van der Waals surface area contributed by atoms with E-state index in [2.05, 4.69) is 25.6 Å². The Morgan fingerprint density at radius 3 is 2.61 bits per heavy atom. The maximum Gasteiger partial charge on any atom is 0.239 e.